The minimum absolute atomic E-state index is 0.670. The van der Waals surface area contributed by atoms with E-state index < -0.39 is 0 Å². The molecule has 0 spiro atoms. The van der Waals surface area contributed by atoms with Gasteiger partial charge < -0.3 is 15.1 Å². The van der Waals surface area contributed by atoms with Crippen molar-refractivity contribution < 1.29 is 0 Å². The molecular weight excluding hydrogens is 428 g/mol. The van der Waals surface area contributed by atoms with Crippen molar-refractivity contribution >= 4 is 17.3 Å². The summed E-state index contributed by atoms with van der Waals surface area (Å²) < 4.78 is 0. The Bertz CT molecular complexity index is 983. The van der Waals surface area contributed by atoms with Crippen molar-refractivity contribution in [2.24, 2.45) is 0 Å². The van der Waals surface area contributed by atoms with E-state index in [1.54, 1.807) is 0 Å². The molecule has 3 aliphatic rings. The Labute approximate surface area is 213 Å². The molecule has 1 aliphatic carbocycles. The number of piperazine rings is 1. The molecule has 35 heavy (non-hydrogen) atoms. The molecule has 2 fully saturated rings. The number of rotatable bonds is 9. The SMILES string of the molecule is CCC(C)N1CCN(CCCNC2CCN(c3cccc(C4=Cc5ccccc5C4)c3)CC2)CC1. The summed E-state index contributed by atoms with van der Waals surface area (Å²) in [7, 11) is 0. The first kappa shape index (κ1) is 24.5. The van der Waals surface area contributed by atoms with Gasteiger partial charge in [-0.05, 0) is 86.5 Å². The zero-order valence-electron chi connectivity index (χ0n) is 21.9. The van der Waals surface area contributed by atoms with E-state index in [2.05, 4.69) is 88.5 Å². The highest BCUT2D eigenvalue weighted by Crippen LogP contribution is 2.33. The zero-order chi connectivity index (χ0) is 24.0. The third-order valence-corrected chi connectivity index (χ3v) is 8.55. The summed E-state index contributed by atoms with van der Waals surface area (Å²) in [5.41, 5.74) is 7.05. The monoisotopic (exact) mass is 472 g/mol. The van der Waals surface area contributed by atoms with Crippen LogP contribution in [-0.4, -0.2) is 74.2 Å². The second kappa shape index (κ2) is 11.7. The highest BCUT2D eigenvalue weighted by Gasteiger charge is 2.22. The van der Waals surface area contributed by atoms with Gasteiger partial charge in [0.1, 0.15) is 0 Å². The number of fused-ring (bicyclic) bond motifs is 1. The zero-order valence-corrected chi connectivity index (χ0v) is 21.9. The largest absolute Gasteiger partial charge is 0.371 e. The van der Waals surface area contributed by atoms with Gasteiger partial charge in [-0.2, -0.15) is 0 Å². The lowest BCUT2D eigenvalue weighted by atomic mass is 10.0. The highest BCUT2D eigenvalue weighted by molar-refractivity contribution is 5.89. The van der Waals surface area contributed by atoms with E-state index in [1.807, 2.05) is 0 Å². The van der Waals surface area contributed by atoms with Crippen molar-refractivity contribution in [3.63, 3.8) is 0 Å². The average molecular weight is 473 g/mol. The van der Waals surface area contributed by atoms with E-state index in [4.69, 9.17) is 0 Å². The maximum Gasteiger partial charge on any atom is 0.0372 e. The van der Waals surface area contributed by atoms with Gasteiger partial charge in [0.15, 0.2) is 0 Å². The summed E-state index contributed by atoms with van der Waals surface area (Å²) in [5, 5.41) is 3.86. The molecule has 0 saturated carbocycles. The van der Waals surface area contributed by atoms with E-state index in [0.717, 1.165) is 32.1 Å². The first-order valence-corrected chi connectivity index (χ1v) is 14.0. The topological polar surface area (TPSA) is 21.8 Å². The molecule has 1 N–H and O–H groups in total. The number of piperidine rings is 1. The minimum atomic E-state index is 0.670. The third-order valence-electron chi connectivity index (χ3n) is 8.55. The molecule has 0 radical (unpaired) electrons. The smallest absolute Gasteiger partial charge is 0.0372 e. The summed E-state index contributed by atoms with van der Waals surface area (Å²) in [6.07, 6.45) is 8.44. The number of benzene rings is 2. The van der Waals surface area contributed by atoms with Crippen LogP contribution in [-0.2, 0) is 6.42 Å². The van der Waals surface area contributed by atoms with Gasteiger partial charge in [-0.25, -0.2) is 0 Å². The van der Waals surface area contributed by atoms with Crippen molar-refractivity contribution in [3.8, 4) is 0 Å². The Morgan fingerprint density at radius 2 is 1.74 bits per heavy atom. The normalized spacial score (nSPS) is 20.6. The van der Waals surface area contributed by atoms with Crippen LogP contribution in [0.1, 0.15) is 56.2 Å². The average Bonchev–Trinajstić information content (AvgIpc) is 3.36. The maximum absolute atomic E-state index is 3.86. The fourth-order valence-electron chi connectivity index (χ4n) is 6.00. The van der Waals surface area contributed by atoms with Crippen molar-refractivity contribution in [2.45, 2.75) is 58.0 Å². The molecule has 2 aromatic carbocycles. The number of allylic oxidation sites excluding steroid dienone is 1. The number of nitrogens with one attached hydrogen (secondary N) is 1. The molecule has 1 atom stereocenters. The van der Waals surface area contributed by atoms with Gasteiger partial charge in [0.05, 0.1) is 0 Å². The van der Waals surface area contributed by atoms with Crippen LogP contribution in [0.2, 0.25) is 0 Å². The summed E-state index contributed by atoms with van der Waals surface area (Å²) in [6.45, 7) is 14.3. The molecule has 0 amide bonds. The van der Waals surface area contributed by atoms with Crippen LogP contribution in [0.5, 0.6) is 0 Å². The van der Waals surface area contributed by atoms with E-state index >= 15 is 0 Å². The van der Waals surface area contributed by atoms with Crippen molar-refractivity contribution in [3.05, 3.63) is 65.2 Å². The van der Waals surface area contributed by atoms with E-state index in [0.29, 0.717) is 6.04 Å². The van der Waals surface area contributed by atoms with E-state index in [1.165, 1.54) is 86.4 Å². The highest BCUT2D eigenvalue weighted by atomic mass is 15.3. The molecule has 2 aliphatic heterocycles. The quantitative estimate of drug-likeness (QED) is 0.510. The fraction of sp³-hybridized carbons (Fsp3) is 0.548. The number of hydrogen-bond donors (Lipinski definition) is 1. The number of nitrogens with zero attached hydrogens (tertiary/aromatic N) is 3. The standard InChI is InChI=1S/C31H44N4/c1-3-25(2)34-20-18-33(19-21-34)15-7-14-32-30-12-16-35(17-13-30)31-11-6-10-28(24-31)29-22-26-8-4-5-9-27(26)23-29/h4-6,8-11,22,24-25,30,32H,3,7,12-21,23H2,1-2H3. The van der Waals surface area contributed by atoms with Crippen molar-refractivity contribution in [1.82, 2.24) is 15.1 Å². The molecular formula is C31H44N4. The maximum atomic E-state index is 3.86. The van der Waals surface area contributed by atoms with Crippen LogP contribution in [0, 0.1) is 0 Å². The first-order chi connectivity index (χ1) is 17.2. The van der Waals surface area contributed by atoms with Crippen LogP contribution >= 0.6 is 0 Å². The molecule has 4 nitrogen and oxygen atoms in total. The molecule has 188 valence electrons. The van der Waals surface area contributed by atoms with Gasteiger partial charge in [0.2, 0.25) is 0 Å². The molecule has 0 aromatic heterocycles. The lowest BCUT2D eigenvalue weighted by Crippen LogP contribution is -2.50. The minimum Gasteiger partial charge on any atom is -0.371 e. The molecule has 2 saturated heterocycles. The van der Waals surface area contributed by atoms with E-state index in [9.17, 15) is 0 Å². The lowest BCUT2D eigenvalue weighted by Gasteiger charge is -2.38. The summed E-state index contributed by atoms with van der Waals surface area (Å²) in [5.74, 6) is 0. The van der Waals surface area contributed by atoms with Crippen molar-refractivity contribution in [2.75, 3.05) is 57.3 Å². The number of anilines is 1. The van der Waals surface area contributed by atoms with Gasteiger partial charge in [-0.15, -0.1) is 0 Å². The predicted octanol–water partition coefficient (Wildman–Crippen LogP) is 5.15. The van der Waals surface area contributed by atoms with Gasteiger partial charge in [-0.3, -0.25) is 4.90 Å². The van der Waals surface area contributed by atoms with Crippen LogP contribution in [0.15, 0.2) is 48.5 Å². The van der Waals surface area contributed by atoms with Crippen LogP contribution < -0.4 is 10.2 Å². The summed E-state index contributed by atoms with van der Waals surface area (Å²) >= 11 is 0. The third kappa shape index (κ3) is 6.17. The molecule has 5 rings (SSSR count). The van der Waals surface area contributed by atoms with Crippen LogP contribution in [0.3, 0.4) is 0 Å². The Kier molecular flexibility index (Phi) is 8.23. The molecule has 0 bridgehead atoms. The predicted molar refractivity (Wildman–Crippen MR) is 150 cm³/mol. The van der Waals surface area contributed by atoms with Crippen LogP contribution in [0.25, 0.3) is 11.6 Å². The molecule has 2 heterocycles. The van der Waals surface area contributed by atoms with Gasteiger partial charge in [0.25, 0.3) is 0 Å². The second-order valence-corrected chi connectivity index (χ2v) is 10.8. The number of hydrogen-bond acceptors (Lipinski definition) is 4. The van der Waals surface area contributed by atoms with Gasteiger partial charge in [-0.1, -0.05) is 49.4 Å². The Morgan fingerprint density at radius 3 is 2.51 bits per heavy atom. The Hall–Kier alpha value is -2.14. The fourth-order valence-corrected chi connectivity index (χ4v) is 6.00. The second-order valence-electron chi connectivity index (χ2n) is 10.8. The molecule has 4 heteroatoms. The van der Waals surface area contributed by atoms with Crippen LogP contribution in [0.4, 0.5) is 5.69 Å². The first-order valence-electron chi connectivity index (χ1n) is 14.0. The Morgan fingerprint density at radius 1 is 0.943 bits per heavy atom. The summed E-state index contributed by atoms with van der Waals surface area (Å²) in [4.78, 5) is 7.90. The lowest BCUT2D eigenvalue weighted by molar-refractivity contribution is 0.0997. The summed E-state index contributed by atoms with van der Waals surface area (Å²) in [6, 6.07) is 19.4. The molecule has 2 aromatic rings. The van der Waals surface area contributed by atoms with Gasteiger partial charge >= 0.3 is 0 Å². The van der Waals surface area contributed by atoms with E-state index in [-0.39, 0.29) is 0 Å². The van der Waals surface area contributed by atoms with Crippen molar-refractivity contribution in [1.29, 1.82) is 0 Å². The Balaban J connectivity index is 1.02. The molecule has 1 unspecified atom stereocenters. The van der Waals surface area contributed by atoms with Gasteiger partial charge in [0, 0.05) is 57.0 Å².